The molecular formula is C24H23N2O5-. The first kappa shape index (κ1) is 21.8. The van der Waals surface area contributed by atoms with Gasteiger partial charge in [-0.05, 0) is 49.6 Å². The molecule has 0 bridgehead atoms. The molecule has 160 valence electrons. The van der Waals surface area contributed by atoms with Crippen molar-refractivity contribution in [1.82, 2.24) is 5.43 Å². The fourth-order valence-corrected chi connectivity index (χ4v) is 3.01. The number of furan rings is 1. The fourth-order valence-electron chi connectivity index (χ4n) is 3.01. The van der Waals surface area contributed by atoms with Gasteiger partial charge in [-0.2, -0.15) is 5.10 Å². The lowest BCUT2D eigenvalue weighted by Crippen LogP contribution is -2.25. The standard InChI is InChI=1S/C24H24N2O5/c1-16(22-14-21(31-17(22)2)12-13-24(28)29)25-26-23(27)15-30-20-10-8-19(9-11-20)18-6-4-3-5-7-18/h3-11,14H,12-13,15H2,1-2H3,(H,26,27)(H,28,29)/p-1/b25-16-. The summed E-state index contributed by atoms with van der Waals surface area (Å²) >= 11 is 0. The molecule has 0 aliphatic rings. The minimum absolute atomic E-state index is 0.122. The number of ether oxygens (including phenoxy) is 1. The molecule has 7 heteroatoms. The molecule has 1 amide bonds. The third-order valence-corrected chi connectivity index (χ3v) is 4.61. The van der Waals surface area contributed by atoms with Crippen molar-refractivity contribution in [2.24, 2.45) is 5.10 Å². The Kier molecular flexibility index (Phi) is 7.22. The Morgan fingerprint density at radius 3 is 2.42 bits per heavy atom. The Morgan fingerprint density at radius 1 is 1.06 bits per heavy atom. The molecule has 0 spiro atoms. The highest BCUT2D eigenvalue weighted by Crippen LogP contribution is 2.22. The number of hydrazone groups is 1. The molecule has 0 atom stereocenters. The average Bonchev–Trinajstić information content (AvgIpc) is 3.16. The molecule has 0 aliphatic heterocycles. The summed E-state index contributed by atoms with van der Waals surface area (Å²) in [5.41, 5.74) is 5.86. The first-order valence-electron chi connectivity index (χ1n) is 9.83. The van der Waals surface area contributed by atoms with Crippen LogP contribution in [-0.4, -0.2) is 24.2 Å². The zero-order valence-electron chi connectivity index (χ0n) is 17.4. The second-order valence-corrected chi connectivity index (χ2v) is 6.97. The van der Waals surface area contributed by atoms with E-state index in [9.17, 15) is 14.7 Å². The smallest absolute Gasteiger partial charge is 0.277 e. The lowest BCUT2D eigenvalue weighted by Gasteiger charge is -2.07. The molecule has 1 N–H and O–H groups in total. The Labute approximate surface area is 180 Å². The lowest BCUT2D eigenvalue weighted by atomic mass is 10.1. The van der Waals surface area contributed by atoms with Crippen molar-refractivity contribution in [3.8, 4) is 16.9 Å². The number of hydrogen-bond acceptors (Lipinski definition) is 6. The number of carbonyl (C=O) groups excluding carboxylic acids is 2. The number of hydrogen-bond donors (Lipinski definition) is 1. The second kappa shape index (κ2) is 10.2. The van der Waals surface area contributed by atoms with Crippen molar-refractivity contribution >= 4 is 17.6 Å². The molecule has 3 aromatic rings. The van der Waals surface area contributed by atoms with Crippen LogP contribution in [0, 0.1) is 6.92 Å². The summed E-state index contributed by atoms with van der Waals surface area (Å²) in [5.74, 6) is 0.171. The van der Waals surface area contributed by atoms with Crippen LogP contribution >= 0.6 is 0 Å². The van der Waals surface area contributed by atoms with Crippen LogP contribution in [0.4, 0.5) is 0 Å². The van der Waals surface area contributed by atoms with Crippen molar-refractivity contribution in [2.75, 3.05) is 6.61 Å². The molecule has 31 heavy (non-hydrogen) atoms. The van der Waals surface area contributed by atoms with E-state index in [2.05, 4.69) is 10.5 Å². The molecule has 0 fully saturated rings. The molecule has 0 aliphatic carbocycles. The summed E-state index contributed by atoms with van der Waals surface area (Å²) in [6, 6.07) is 19.2. The van der Waals surface area contributed by atoms with Gasteiger partial charge in [-0.15, -0.1) is 0 Å². The number of amides is 1. The predicted octanol–water partition coefficient (Wildman–Crippen LogP) is 2.86. The molecule has 2 aromatic carbocycles. The molecule has 7 nitrogen and oxygen atoms in total. The third kappa shape index (κ3) is 6.30. The first-order valence-corrected chi connectivity index (χ1v) is 9.83. The number of carboxylic acids is 1. The molecule has 3 rings (SSSR count). The van der Waals surface area contributed by atoms with E-state index in [4.69, 9.17) is 9.15 Å². The van der Waals surface area contributed by atoms with Crippen molar-refractivity contribution in [2.45, 2.75) is 26.7 Å². The first-order chi connectivity index (χ1) is 14.9. The Balaban J connectivity index is 1.51. The molecule has 0 unspecified atom stereocenters. The van der Waals surface area contributed by atoms with E-state index in [1.54, 1.807) is 19.9 Å². The van der Waals surface area contributed by atoms with E-state index < -0.39 is 11.9 Å². The van der Waals surface area contributed by atoms with Crippen LogP contribution in [0.15, 0.2) is 70.2 Å². The van der Waals surface area contributed by atoms with Gasteiger partial charge in [0, 0.05) is 18.0 Å². The van der Waals surface area contributed by atoms with Gasteiger partial charge in [0.2, 0.25) is 0 Å². The maximum absolute atomic E-state index is 12.1. The van der Waals surface area contributed by atoms with Crippen LogP contribution < -0.4 is 15.3 Å². The molecular weight excluding hydrogens is 396 g/mol. The molecule has 1 aromatic heterocycles. The van der Waals surface area contributed by atoms with E-state index in [1.807, 2.05) is 54.6 Å². The van der Waals surface area contributed by atoms with Gasteiger partial charge < -0.3 is 19.1 Å². The van der Waals surface area contributed by atoms with E-state index >= 15 is 0 Å². The number of carbonyl (C=O) groups is 2. The number of aliphatic carboxylic acids is 1. The minimum Gasteiger partial charge on any atom is -0.550 e. The van der Waals surface area contributed by atoms with Gasteiger partial charge in [0.05, 0.1) is 5.71 Å². The third-order valence-electron chi connectivity index (χ3n) is 4.61. The molecule has 0 saturated heterocycles. The predicted molar refractivity (Wildman–Crippen MR) is 114 cm³/mol. The van der Waals surface area contributed by atoms with Gasteiger partial charge in [0.25, 0.3) is 5.91 Å². The average molecular weight is 419 g/mol. The van der Waals surface area contributed by atoms with Gasteiger partial charge in [-0.25, -0.2) is 5.43 Å². The highest BCUT2D eigenvalue weighted by Gasteiger charge is 2.11. The number of rotatable bonds is 9. The fraction of sp³-hybridized carbons (Fsp3) is 0.208. The van der Waals surface area contributed by atoms with Gasteiger partial charge in [0.15, 0.2) is 6.61 Å². The zero-order valence-corrected chi connectivity index (χ0v) is 17.4. The Bertz CT molecular complexity index is 1070. The number of carboxylic acid groups (broad SMARTS) is 1. The molecule has 1 heterocycles. The summed E-state index contributed by atoms with van der Waals surface area (Å²) in [4.78, 5) is 22.7. The normalized spacial score (nSPS) is 11.2. The maximum atomic E-state index is 12.1. The van der Waals surface area contributed by atoms with E-state index in [-0.39, 0.29) is 19.4 Å². The van der Waals surface area contributed by atoms with Crippen molar-refractivity contribution in [3.05, 3.63) is 77.7 Å². The van der Waals surface area contributed by atoms with Gasteiger partial charge in [-0.1, -0.05) is 42.5 Å². The summed E-state index contributed by atoms with van der Waals surface area (Å²) in [7, 11) is 0. The number of benzene rings is 2. The van der Waals surface area contributed by atoms with Gasteiger partial charge >= 0.3 is 0 Å². The van der Waals surface area contributed by atoms with E-state index in [0.29, 0.717) is 28.5 Å². The van der Waals surface area contributed by atoms with Crippen LogP contribution in [0.1, 0.15) is 30.4 Å². The summed E-state index contributed by atoms with van der Waals surface area (Å²) in [5, 5.41) is 14.7. The van der Waals surface area contributed by atoms with Crippen LogP contribution in [0.3, 0.4) is 0 Å². The number of nitrogens with one attached hydrogen (secondary N) is 1. The van der Waals surface area contributed by atoms with Crippen molar-refractivity contribution in [3.63, 3.8) is 0 Å². The highest BCUT2D eigenvalue weighted by atomic mass is 16.5. The topological polar surface area (TPSA) is 104 Å². The number of nitrogens with zero attached hydrogens (tertiary/aromatic N) is 1. The minimum atomic E-state index is -1.14. The Morgan fingerprint density at radius 2 is 1.74 bits per heavy atom. The largest absolute Gasteiger partial charge is 0.550 e. The van der Waals surface area contributed by atoms with Crippen LogP contribution in [0.2, 0.25) is 0 Å². The molecule has 0 radical (unpaired) electrons. The number of aryl methyl sites for hydroxylation is 2. The van der Waals surface area contributed by atoms with Crippen LogP contribution in [0.25, 0.3) is 11.1 Å². The molecule has 0 saturated carbocycles. The van der Waals surface area contributed by atoms with E-state index in [0.717, 1.165) is 11.1 Å². The van der Waals surface area contributed by atoms with Gasteiger partial charge in [-0.3, -0.25) is 4.79 Å². The van der Waals surface area contributed by atoms with Crippen LogP contribution in [0.5, 0.6) is 5.75 Å². The summed E-state index contributed by atoms with van der Waals surface area (Å²) < 4.78 is 11.0. The van der Waals surface area contributed by atoms with E-state index in [1.165, 1.54) is 0 Å². The van der Waals surface area contributed by atoms with Crippen LogP contribution in [-0.2, 0) is 16.0 Å². The quantitative estimate of drug-likeness (QED) is 0.424. The summed E-state index contributed by atoms with van der Waals surface area (Å²) in [6.07, 6.45) is 0.114. The zero-order chi connectivity index (χ0) is 22.2. The van der Waals surface area contributed by atoms with Crippen molar-refractivity contribution in [1.29, 1.82) is 0 Å². The van der Waals surface area contributed by atoms with Gasteiger partial charge in [0.1, 0.15) is 17.3 Å². The van der Waals surface area contributed by atoms with Crippen molar-refractivity contribution < 1.29 is 23.8 Å². The summed E-state index contributed by atoms with van der Waals surface area (Å²) in [6.45, 7) is 3.30. The monoisotopic (exact) mass is 419 g/mol. The second-order valence-electron chi connectivity index (χ2n) is 6.97. The highest BCUT2D eigenvalue weighted by molar-refractivity contribution is 6.00. The maximum Gasteiger partial charge on any atom is 0.277 e. The Hall–Kier alpha value is -3.87. The SMILES string of the molecule is C/C(=N/NC(=O)COc1ccc(-c2ccccc2)cc1)c1cc(CCC(=O)[O-])oc1C. The lowest BCUT2D eigenvalue weighted by molar-refractivity contribution is -0.305.